The largest absolute Gasteiger partial charge is 0.248 e. The second-order valence-corrected chi connectivity index (χ2v) is 5.30. The van der Waals surface area contributed by atoms with Gasteiger partial charge in [0.1, 0.15) is 22.2 Å². The lowest BCUT2D eigenvalue weighted by Crippen LogP contribution is -1.99. The minimum absolute atomic E-state index is 0.112. The van der Waals surface area contributed by atoms with Gasteiger partial charge < -0.3 is 0 Å². The lowest BCUT2D eigenvalue weighted by Gasteiger charge is -2.10. The molecule has 0 bridgehead atoms. The Labute approximate surface area is 132 Å². The Bertz CT molecular complexity index is 839. The third-order valence-corrected chi connectivity index (χ3v) is 3.95. The molecule has 0 radical (unpaired) electrons. The van der Waals surface area contributed by atoms with Gasteiger partial charge in [-0.2, -0.15) is 0 Å². The smallest absolute Gasteiger partial charge is 0.144 e. The number of hydrogen-bond donors (Lipinski definition) is 0. The van der Waals surface area contributed by atoms with Gasteiger partial charge in [-0.05, 0) is 24.3 Å². The van der Waals surface area contributed by atoms with Crippen molar-refractivity contribution in [1.29, 1.82) is 0 Å². The van der Waals surface area contributed by atoms with Crippen LogP contribution in [0.25, 0.3) is 22.3 Å². The molecule has 0 N–H and O–H groups in total. The Hall–Kier alpha value is -1.59. The third-order valence-electron chi connectivity index (χ3n) is 3.06. The van der Waals surface area contributed by atoms with E-state index < -0.39 is 11.6 Å². The van der Waals surface area contributed by atoms with Crippen LogP contribution in [0.15, 0.2) is 36.4 Å². The van der Waals surface area contributed by atoms with Crippen LogP contribution in [-0.2, 0) is 5.33 Å². The normalized spacial score (nSPS) is 11.0. The average molecular weight is 370 g/mol. The SMILES string of the molecule is Fc1ccccc1-c1nc2c(Cl)c(F)ccc2nc1CBr. The minimum atomic E-state index is -0.579. The molecule has 21 heavy (non-hydrogen) atoms. The van der Waals surface area contributed by atoms with E-state index in [0.717, 1.165) is 0 Å². The van der Waals surface area contributed by atoms with Gasteiger partial charge in [0.05, 0.1) is 16.9 Å². The molecule has 2 aromatic carbocycles. The number of rotatable bonds is 2. The fraction of sp³-hybridized carbons (Fsp3) is 0.0667. The van der Waals surface area contributed by atoms with E-state index >= 15 is 0 Å². The molecule has 106 valence electrons. The molecule has 6 heteroatoms. The first-order valence-corrected chi connectivity index (χ1v) is 7.57. The monoisotopic (exact) mass is 368 g/mol. The van der Waals surface area contributed by atoms with Crippen molar-refractivity contribution in [2.24, 2.45) is 0 Å². The summed E-state index contributed by atoms with van der Waals surface area (Å²) in [5.74, 6) is -0.995. The summed E-state index contributed by atoms with van der Waals surface area (Å²) < 4.78 is 27.5. The zero-order valence-electron chi connectivity index (χ0n) is 10.6. The molecule has 3 aromatic rings. The molecule has 0 aliphatic rings. The summed E-state index contributed by atoms with van der Waals surface area (Å²) in [6.07, 6.45) is 0. The molecule has 0 atom stereocenters. The highest BCUT2D eigenvalue weighted by Crippen LogP contribution is 2.30. The first kappa shape index (κ1) is 14.4. The first-order valence-electron chi connectivity index (χ1n) is 6.07. The van der Waals surface area contributed by atoms with E-state index in [4.69, 9.17) is 11.6 Å². The number of halogens is 4. The molecule has 0 aliphatic heterocycles. The van der Waals surface area contributed by atoms with Gasteiger partial charge in [-0.1, -0.05) is 39.7 Å². The van der Waals surface area contributed by atoms with Crippen LogP contribution in [0.5, 0.6) is 0 Å². The number of nitrogens with zero attached hydrogens (tertiary/aromatic N) is 2. The van der Waals surface area contributed by atoms with Crippen molar-refractivity contribution in [2.75, 3.05) is 0 Å². The molecule has 0 amide bonds. The lowest BCUT2D eigenvalue weighted by atomic mass is 10.1. The average Bonchev–Trinajstić information content (AvgIpc) is 2.50. The van der Waals surface area contributed by atoms with Gasteiger partial charge in [0, 0.05) is 10.9 Å². The quantitative estimate of drug-likeness (QED) is 0.586. The summed E-state index contributed by atoms with van der Waals surface area (Å²) in [5, 5.41) is 0.285. The molecule has 0 aliphatic carbocycles. The van der Waals surface area contributed by atoms with E-state index in [9.17, 15) is 8.78 Å². The predicted octanol–water partition coefficient (Wildman–Crippen LogP) is 5.12. The number of hydrogen-bond acceptors (Lipinski definition) is 2. The minimum Gasteiger partial charge on any atom is -0.248 e. The van der Waals surface area contributed by atoms with Crippen molar-refractivity contribution in [1.82, 2.24) is 9.97 Å². The highest BCUT2D eigenvalue weighted by Gasteiger charge is 2.16. The number of benzene rings is 2. The van der Waals surface area contributed by atoms with E-state index in [0.29, 0.717) is 27.8 Å². The van der Waals surface area contributed by atoms with E-state index in [1.54, 1.807) is 18.2 Å². The zero-order valence-corrected chi connectivity index (χ0v) is 12.9. The van der Waals surface area contributed by atoms with Crippen LogP contribution < -0.4 is 0 Å². The molecule has 1 aromatic heterocycles. The molecule has 1 heterocycles. The van der Waals surface area contributed by atoms with Gasteiger partial charge in [0.2, 0.25) is 0 Å². The van der Waals surface area contributed by atoms with Crippen LogP contribution >= 0.6 is 27.5 Å². The maximum absolute atomic E-state index is 14.0. The Morgan fingerprint density at radius 1 is 1.00 bits per heavy atom. The van der Waals surface area contributed by atoms with Crippen LogP contribution in [0.3, 0.4) is 0 Å². The van der Waals surface area contributed by atoms with Gasteiger partial charge in [0.15, 0.2) is 0 Å². The van der Waals surface area contributed by atoms with Crippen molar-refractivity contribution < 1.29 is 8.78 Å². The summed E-state index contributed by atoms with van der Waals surface area (Å²) >= 11 is 9.25. The summed E-state index contributed by atoms with van der Waals surface area (Å²) in [4.78, 5) is 8.72. The van der Waals surface area contributed by atoms with E-state index in [1.807, 2.05) is 0 Å². The first-order chi connectivity index (χ1) is 10.1. The Kier molecular flexibility index (Phi) is 3.87. The van der Waals surface area contributed by atoms with Crippen LogP contribution in [-0.4, -0.2) is 9.97 Å². The highest BCUT2D eigenvalue weighted by atomic mass is 79.9. The fourth-order valence-corrected chi connectivity index (χ4v) is 2.66. The molecule has 0 spiro atoms. The highest BCUT2D eigenvalue weighted by molar-refractivity contribution is 9.08. The molecule has 0 fully saturated rings. The number of alkyl halides is 1. The third kappa shape index (κ3) is 2.51. The summed E-state index contributed by atoms with van der Waals surface area (Å²) in [5.41, 5.74) is 1.91. The van der Waals surface area contributed by atoms with E-state index in [2.05, 4.69) is 25.9 Å². The molecular weight excluding hydrogens is 362 g/mol. The number of aromatic nitrogens is 2. The maximum Gasteiger partial charge on any atom is 0.144 e. The maximum atomic E-state index is 14.0. The molecule has 0 saturated carbocycles. The topological polar surface area (TPSA) is 25.8 Å². The van der Waals surface area contributed by atoms with Crippen molar-refractivity contribution in [3.05, 3.63) is 58.7 Å². The Morgan fingerprint density at radius 3 is 2.48 bits per heavy atom. The summed E-state index contributed by atoms with van der Waals surface area (Å²) in [7, 11) is 0. The second-order valence-electron chi connectivity index (χ2n) is 4.36. The Balaban J connectivity index is 2.36. The lowest BCUT2D eigenvalue weighted by molar-refractivity contribution is 0.629. The summed E-state index contributed by atoms with van der Waals surface area (Å²) in [6.45, 7) is 0. The van der Waals surface area contributed by atoms with Gasteiger partial charge in [-0.3, -0.25) is 0 Å². The van der Waals surface area contributed by atoms with Crippen LogP contribution in [0.1, 0.15) is 5.69 Å². The van der Waals surface area contributed by atoms with Crippen LogP contribution in [0, 0.1) is 11.6 Å². The summed E-state index contributed by atoms with van der Waals surface area (Å²) in [6, 6.07) is 8.97. The molecule has 3 rings (SSSR count). The predicted molar refractivity (Wildman–Crippen MR) is 82.5 cm³/mol. The number of fused-ring (bicyclic) bond motifs is 1. The van der Waals surface area contributed by atoms with Crippen molar-refractivity contribution in [3.8, 4) is 11.3 Å². The van der Waals surface area contributed by atoms with E-state index in [-0.39, 0.29) is 10.5 Å². The standard InChI is InChI=1S/C15H8BrClF2N2/c16-7-12-14(8-3-1-2-4-9(8)18)21-15-11(20-12)6-5-10(19)13(15)17/h1-6H,7H2. The van der Waals surface area contributed by atoms with Gasteiger partial charge in [-0.15, -0.1) is 0 Å². The van der Waals surface area contributed by atoms with Crippen molar-refractivity contribution in [2.45, 2.75) is 5.33 Å². The van der Waals surface area contributed by atoms with Gasteiger partial charge >= 0.3 is 0 Å². The zero-order chi connectivity index (χ0) is 15.0. The second kappa shape index (κ2) is 5.66. The van der Waals surface area contributed by atoms with Gasteiger partial charge in [0.25, 0.3) is 0 Å². The van der Waals surface area contributed by atoms with Crippen LogP contribution in [0.2, 0.25) is 5.02 Å². The fourth-order valence-electron chi connectivity index (χ4n) is 2.06. The van der Waals surface area contributed by atoms with Crippen molar-refractivity contribution in [3.63, 3.8) is 0 Å². The van der Waals surface area contributed by atoms with E-state index in [1.165, 1.54) is 18.2 Å². The van der Waals surface area contributed by atoms with Gasteiger partial charge in [-0.25, -0.2) is 18.7 Å². The molecule has 2 nitrogen and oxygen atoms in total. The molecule has 0 saturated heterocycles. The molecular formula is C15H8BrClF2N2. The molecule has 0 unspecified atom stereocenters. The van der Waals surface area contributed by atoms with Crippen LogP contribution in [0.4, 0.5) is 8.78 Å². The Morgan fingerprint density at radius 2 is 1.76 bits per heavy atom. The van der Waals surface area contributed by atoms with Crippen molar-refractivity contribution >= 4 is 38.6 Å².